The molecule has 0 heterocycles. The number of hydrogen-bond acceptors (Lipinski definition) is 6. The largest absolute Gasteiger partial charge is 0.496 e. The number of anilines is 1. The summed E-state index contributed by atoms with van der Waals surface area (Å²) >= 11 is 3.33. The Balaban J connectivity index is 1.59. The van der Waals surface area contributed by atoms with Crippen LogP contribution in [0.1, 0.15) is 20.7 Å². The molecule has 0 fully saturated rings. The normalized spacial score (nSPS) is 10.2. The summed E-state index contributed by atoms with van der Waals surface area (Å²) in [5.41, 5.74) is 1.04. The molecule has 0 spiro atoms. The van der Waals surface area contributed by atoms with Crippen molar-refractivity contribution in [3.05, 3.63) is 88.4 Å². The second kappa shape index (κ2) is 11.1. The minimum Gasteiger partial charge on any atom is -0.496 e. The molecule has 1 N–H and O–H groups in total. The van der Waals surface area contributed by atoms with E-state index >= 15 is 0 Å². The van der Waals surface area contributed by atoms with E-state index in [1.54, 1.807) is 66.7 Å². The number of methoxy groups -OCH3 is 1. The molecular weight excluding hydrogens is 478 g/mol. The number of para-hydroxylation sites is 2. The van der Waals surface area contributed by atoms with Gasteiger partial charge in [-0.2, -0.15) is 0 Å². The van der Waals surface area contributed by atoms with Gasteiger partial charge >= 0.3 is 5.97 Å². The second-order valence-electron chi connectivity index (χ2n) is 6.54. The van der Waals surface area contributed by atoms with E-state index in [0.717, 1.165) is 4.47 Å². The van der Waals surface area contributed by atoms with E-state index in [1.807, 2.05) is 0 Å². The molecule has 3 aromatic rings. The maximum absolute atomic E-state index is 12.5. The van der Waals surface area contributed by atoms with Gasteiger partial charge in [-0.25, -0.2) is 4.79 Å². The number of esters is 1. The highest BCUT2D eigenvalue weighted by Gasteiger charge is 2.18. The fraction of sp³-hybridized carbons (Fsp3) is 0.125. The van der Waals surface area contributed by atoms with Crippen LogP contribution < -0.4 is 14.8 Å². The van der Waals surface area contributed by atoms with Crippen LogP contribution in [0.5, 0.6) is 11.5 Å². The van der Waals surface area contributed by atoms with Crippen LogP contribution in [0.2, 0.25) is 0 Å². The van der Waals surface area contributed by atoms with Crippen LogP contribution in [-0.2, 0) is 9.53 Å². The van der Waals surface area contributed by atoms with E-state index in [4.69, 9.17) is 14.2 Å². The Kier molecular flexibility index (Phi) is 7.99. The quantitative estimate of drug-likeness (QED) is 0.345. The number of benzene rings is 3. The number of amides is 1. The van der Waals surface area contributed by atoms with Gasteiger partial charge in [-0.3, -0.25) is 9.59 Å². The molecule has 8 heteroatoms. The monoisotopic (exact) mass is 497 g/mol. The summed E-state index contributed by atoms with van der Waals surface area (Å²) in [7, 11) is 1.46. The molecule has 0 unspecified atom stereocenters. The summed E-state index contributed by atoms with van der Waals surface area (Å²) in [4.78, 5) is 37.1. The van der Waals surface area contributed by atoms with Crippen LogP contribution in [0.4, 0.5) is 5.69 Å². The summed E-state index contributed by atoms with van der Waals surface area (Å²) in [6, 6.07) is 20.1. The third-order valence-corrected chi connectivity index (χ3v) is 4.86. The van der Waals surface area contributed by atoms with Crippen LogP contribution >= 0.6 is 15.9 Å². The van der Waals surface area contributed by atoms with Crippen LogP contribution in [0.15, 0.2) is 77.3 Å². The van der Waals surface area contributed by atoms with Gasteiger partial charge in [0.15, 0.2) is 13.2 Å². The number of nitrogens with one attached hydrogen (secondary N) is 1. The van der Waals surface area contributed by atoms with Crippen molar-refractivity contribution in [2.24, 2.45) is 0 Å². The van der Waals surface area contributed by atoms with E-state index in [0.29, 0.717) is 17.0 Å². The Morgan fingerprint density at radius 2 is 1.44 bits per heavy atom. The average Bonchev–Trinajstić information content (AvgIpc) is 2.82. The summed E-state index contributed by atoms with van der Waals surface area (Å²) in [6.45, 7) is -0.766. The van der Waals surface area contributed by atoms with Crippen molar-refractivity contribution < 1.29 is 28.6 Å². The van der Waals surface area contributed by atoms with Crippen molar-refractivity contribution >= 4 is 39.3 Å². The molecule has 0 aliphatic carbocycles. The number of ether oxygens (including phenoxy) is 3. The highest BCUT2D eigenvalue weighted by molar-refractivity contribution is 9.10. The van der Waals surface area contributed by atoms with Gasteiger partial charge in [-0.15, -0.1) is 0 Å². The van der Waals surface area contributed by atoms with Gasteiger partial charge in [0.05, 0.1) is 12.7 Å². The Morgan fingerprint density at radius 1 is 0.812 bits per heavy atom. The van der Waals surface area contributed by atoms with E-state index in [-0.39, 0.29) is 23.8 Å². The number of ketones is 1. The number of halogens is 1. The number of Topliss-reactive ketones (excluding diaryl/α,β-unsaturated/α-hetero) is 1. The zero-order valence-electron chi connectivity index (χ0n) is 17.2. The molecule has 1 amide bonds. The minimum absolute atomic E-state index is 0.108. The molecule has 0 aromatic heterocycles. The van der Waals surface area contributed by atoms with Crippen molar-refractivity contribution in [2.45, 2.75) is 0 Å². The predicted molar refractivity (Wildman–Crippen MR) is 122 cm³/mol. The van der Waals surface area contributed by atoms with Crippen LogP contribution in [-0.4, -0.2) is 38.0 Å². The average molecular weight is 498 g/mol. The molecule has 0 radical (unpaired) electrons. The first kappa shape index (κ1) is 23.0. The number of carbonyl (C=O) groups excluding carboxylic acids is 3. The first-order valence-corrected chi connectivity index (χ1v) is 10.4. The number of carbonyl (C=O) groups is 3. The van der Waals surface area contributed by atoms with E-state index < -0.39 is 18.4 Å². The predicted octanol–water partition coefficient (Wildman–Crippen LogP) is 4.51. The molecular formula is C24H20BrNO6. The van der Waals surface area contributed by atoms with Crippen molar-refractivity contribution in [1.82, 2.24) is 0 Å². The molecule has 0 atom stereocenters. The van der Waals surface area contributed by atoms with Gasteiger partial charge in [-0.1, -0.05) is 40.2 Å². The van der Waals surface area contributed by atoms with Gasteiger partial charge in [0.2, 0.25) is 5.78 Å². The van der Waals surface area contributed by atoms with Crippen LogP contribution in [0, 0.1) is 0 Å². The van der Waals surface area contributed by atoms with E-state index in [2.05, 4.69) is 21.2 Å². The molecule has 0 aliphatic rings. The molecule has 0 bridgehead atoms. The molecule has 0 saturated carbocycles. The van der Waals surface area contributed by atoms with E-state index in [9.17, 15) is 14.4 Å². The Morgan fingerprint density at radius 3 is 2.12 bits per heavy atom. The summed E-state index contributed by atoms with van der Waals surface area (Å²) in [5.74, 6) is -0.954. The molecule has 7 nitrogen and oxygen atoms in total. The molecule has 3 aromatic carbocycles. The van der Waals surface area contributed by atoms with Gasteiger partial charge in [-0.05, 0) is 48.5 Å². The Bertz CT molecular complexity index is 1110. The lowest BCUT2D eigenvalue weighted by molar-refractivity contribution is -0.118. The van der Waals surface area contributed by atoms with Gasteiger partial charge in [0.25, 0.3) is 5.91 Å². The fourth-order valence-electron chi connectivity index (χ4n) is 2.80. The lowest BCUT2D eigenvalue weighted by atomic mass is 10.1. The van der Waals surface area contributed by atoms with Crippen LogP contribution in [0.3, 0.4) is 0 Å². The van der Waals surface area contributed by atoms with Crippen molar-refractivity contribution in [1.29, 1.82) is 0 Å². The molecule has 0 aliphatic heterocycles. The van der Waals surface area contributed by atoms with Crippen molar-refractivity contribution in [3.8, 4) is 11.5 Å². The lowest BCUT2D eigenvalue weighted by Crippen LogP contribution is -2.21. The highest BCUT2D eigenvalue weighted by atomic mass is 79.9. The topological polar surface area (TPSA) is 90.9 Å². The minimum atomic E-state index is -0.739. The smallest absolute Gasteiger partial charge is 0.342 e. The molecule has 164 valence electrons. The maximum Gasteiger partial charge on any atom is 0.342 e. The maximum atomic E-state index is 12.5. The van der Waals surface area contributed by atoms with Crippen molar-refractivity contribution in [3.63, 3.8) is 0 Å². The fourth-order valence-corrected chi connectivity index (χ4v) is 3.06. The Labute approximate surface area is 193 Å². The summed E-state index contributed by atoms with van der Waals surface area (Å²) in [6.07, 6.45) is 0. The second-order valence-corrected chi connectivity index (χ2v) is 7.46. The number of hydrogen-bond donors (Lipinski definition) is 1. The molecule has 32 heavy (non-hydrogen) atoms. The zero-order chi connectivity index (χ0) is 22.9. The summed E-state index contributed by atoms with van der Waals surface area (Å²) < 4.78 is 16.7. The first-order valence-electron chi connectivity index (χ1n) is 9.58. The Hall–Kier alpha value is -3.65. The highest BCUT2D eigenvalue weighted by Crippen LogP contribution is 2.21. The number of rotatable bonds is 9. The standard InChI is InChI=1S/C24H20BrNO6/c1-30-21-8-4-2-6-18(21)20(27)14-32-24(29)19-7-3-5-9-22(19)31-15-23(28)26-17-12-10-16(25)11-13-17/h2-13H,14-15H2,1H3,(H,26,28). The van der Waals surface area contributed by atoms with Gasteiger partial charge in [0, 0.05) is 10.2 Å². The molecule has 0 saturated heterocycles. The first-order chi connectivity index (χ1) is 15.5. The third-order valence-electron chi connectivity index (χ3n) is 4.34. The van der Waals surface area contributed by atoms with E-state index in [1.165, 1.54) is 13.2 Å². The van der Waals surface area contributed by atoms with Gasteiger partial charge < -0.3 is 19.5 Å². The SMILES string of the molecule is COc1ccccc1C(=O)COC(=O)c1ccccc1OCC(=O)Nc1ccc(Br)cc1. The zero-order valence-corrected chi connectivity index (χ0v) is 18.8. The van der Waals surface area contributed by atoms with Crippen molar-refractivity contribution in [2.75, 3.05) is 25.6 Å². The summed E-state index contributed by atoms with van der Waals surface area (Å²) in [5, 5.41) is 2.70. The lowest BCUT2D eigenvalue weighted by Gasteiger charge is -2.12. The van der Waals surface area contributed by atoms with Crippen LogP contribution in [0.25, 0.3) is 0 Å². The third kappa shape index (κ3) is 6.18. The molecule has 3 rings (SSSR count). The van der Waals surface area contributed by atoms with Gasteiger partial charge in [0.1, 0.15) is 17.1 Å².